The first-order valence-electron chi connectivity index (χ1n) is 8.50. The third kappa shape index (κ3) is 5.01. The Morgan fingerprint density at radius 3 is 2.44 bits per heavy atom. The van der Waals surface area contributed by atoms with Gasteiger partial charge in [-0.15, -0.1) is 22.7 Å². The molecule has 0 saturated carbocycles. The summed E-state index contributed by atoms with van der Waals surface area (Å²) in [5, 5.41) is 7.38. The molecule has 0 saturated heterocycles. The summed E-state index contributed by atoms with van der Waals surface area (Å²) in [5.74, 6) is 0.0932. The van der Waals surface area contributed by atoms with E-state index in [1.807, 2.05) is 24.3 Å². The van der Waals surface area contributed by atoms with Gasteiger partial charge in [-0.2, -0.15) is 0 Å². The molecule has 3 nitrogen and oxygen atoms in total. The summed E-state index contributed by atoms with van der Waals surface area (Å²) in [6, 6.07) is 18.4. The van der Waals surface area contributed by atoms with Crippen LogP contribution in [0.15, 0.2) is 65.4 Å². The van der Waals surface area contributed by atoms with Crippen LogP contribution in [0.3, 0.4) is 0 Å². The molecule has 2 atom stereocenters. The molecule has 0 radical (unpaired) electrons. The monoisotopic (exact) mass is 371 g/mol. The summed E-state index contributed by atoms with van der Waals surface area (Å²) in [6.45, 7) is 4.45. The maximum Gasteiger partial charge on any atom is 0.275 e. The van der Waals surface area contributed by atoms with E-state index in [9.17, 15) is 4.79 Å². The molecule has 25 heavy (non-hydrogen) atoms. The summed E-state index contributed by atoms with van der Waals surface area (Å²) in [6.07, 6.45) is 0. The molecule has 2 aromatic heterocycles. The van der Waals surface area contributed by atoms with Crippen LogP contribution in [0.25, 0.3) is 0 Å². The molecule has 0 aliphatic rings. The van der Waals surface area contributed by atoms with Crippen LogP contribution in [-0.4, -0.2) is 19.0 Å². The molecule has 0 bridgehead atoms. The number of rotatable bonds is 8. The standard InChI is InChI=1S/C20H22N2OS2/c1-2-22(14-17-10-6-12-24-17)15-19(23)21-20(18-11-7-13-25-18)16-8-4-3-5-9-16/h3-13,20H,2,14-15H2,1H3,(H,21,23)/p+1/t20-/m0/s1. The van der Waals surface area contributed by atoms with E-state index in [2.05, 4.69) is 53.3 Å². The van der Waals surface area contributed by atoms with Crippen molar-refractivity contribution in [3.63, 3.8) is 0 Å². The minimum absolute atomic E-state index is 0.0754. The highest BCUT2D eigenvalue weighted by Crippen LogP contribution is 2.25. The quantitative estimate of drug-likeness (QED) is 0.627. The van der Waals surface area contributed by atoms with Gasteiger partial charge < -0.3 is 10.2 Å². The lowest BCUT2D eigenvalue weighted by Crippen LogP contribution is -3.11. The Hall–Kier alpha value is -1.95. The average Bonchev–Trinajstić information content (AvgIpc) is 3.34. The summed E-state index contributed by atoms with van der Waals surface area (Å²) < 4.78 is 0. The fourth-order valence-electron chi connectivity index (χ4n) is 2.83. The van der Waals surface area contributed by atoms with Crippen molar-refractivity contribution < 1.29 is 9.69 Å². The van der Waals surface area contributed by atoms with E-state index in [0.29, 0.717) is 6.54 Å². The number of hydrogen-bond acceptors (Lipinski definition) is 3. The number of thiophene rings is 2. The molecule has 1 unspecified atom stereocenters. The highest BCUT2D eigenvalue weighted by atomic mass is 32.1. The topological polar surface area (TPSA) is 33.5 Å². The van der Waals surface area contributed by atoms with Gasteiger partial charge in [0.25, 0.3) is 5.91 Å². The smallest absolute Gasteiger partial charge is 0.275 e. The predicted molar refractivity (Wildman–Crippen MR) is 105 cm³/mol. The zero-order valence-corrected chi connectivity index (χ0v) is 15.9. The van der Waals surface area contributed by atoms with E-state index in [1.54, 1.807) is 22.7 Å². The summed E-state index contributed by atoms with van der Waals surface area (Å²) in [5.41, 5.74) is 1.12. The van der Waals surface area contributed by atoms with Crippen LogP contribution in [0.4, 0.5) is 0 Å². The summed E-state index contributed by atoms with van der Waals surface area (Å²) in [7, 11) is 0. The summed E-state index contributed by atoms with van der Waals surface area (Å²) >= 11 is 3.43. The molecule has 2 heterocycles. The zero-order chi connectivity index (χ0) is 17.5. The lowest BCUT2D eigenvalue weighted by atomic mass is 10.1. The SMILES string of the molecule is CC[NH+](CC(=O)N[C@@H](c1ccccc1)c1cccs1)Cc1cccs1. The Morgan fingerprint density at radius 1 is 1.04 bits per heavy atom. The van der Waals surface area contributed by atoms with Gasteiger partial charge in [-0.25, -0.2) is 0 Å². The van der Waals surface area contributed by atoms with Crippen molar-refractivity contribution in [2.24, 2.45) is 0 Å². The number of carbonyl (C=O) groups is 1. The number of quaternary nitrogens is 1. The van der Waals surface area contributed by atoms with Gasteiger partial charge >= 0.3 is 0 Å². The predicted octanol–water partition coefficient (Wildman–Crippen LogP) is 3.12. The lowest BCUT2D eigenvalue weighted by Gasteiger charge is -2.21. The molecule has 5 heteroatoms. The molecule has 130 valence electrons. The third-order valence-electron chi connectivity index (χ3n) is 4.18. The van der Waals surface area contributed by atoms with Crippen molar-refractivity contribution >= 4 is 28.6 Å². The van der Waals surface area contributed by atoms with Crippen LogP contribution >= 0.6 is 22.7 Å². The minimum Gasteiger partial charge on any atom is -0.339 e. The molecule has 2 N–H and O–H groups in total. The molecule has 1 aromatic carbocycles. The zero-order valence-electron chi connectivity index (χ0n) is 14.3. The fourth-order valence-corrected chi connectivity index (χ4v) is 4.41. The molecular formula is C20H23N2OS2+. The Kier molecular flexibility index (Phi) is 6.39. The van der Waals surface area contributed by atoms with E-state index in [4.69, 9.17) is 0 Å². The highest BCUT2D eigenvalue weighted by Gasteiger charge is 2.20. The van der Waals surface area contributed by atoms with E-state index >= 15 is 0 Å². The first kappa shape index (κ1) is 17.9. The van der Waals surface area contributed by atoms with Crippen LogP contribution in [-0.2, 0) is 11.3 Å². The highest BCUT2D eigenvalue weighted by molar-refractivity contribution is 7.10. The fraction of sp³-hybridized carbons (Fsp3) is 0.250. The van der Waals surface area contributed by atoms with Gasteiger partial charge in [0.15, 0.2) is 6.54 Å². The lowest BCUT2D eigenvalue weighted by molar-refractivity contribution is -0.903. The van der Waals surface area contributed by atoms with Crippen molar-refractivity contribution in [1.82, 2.24) is 5.32 Å². The second-order valence-electron chi connectivity index (χ2n) is 5.96. The first-order valence-corrected chi connectivity index (χ1v) is 10.3. The van der Waals surface area contributed by atoms with Crippen LogP contribution < -0.4 is 10.2 Å². The molecule has 1 amide bonds. The van der Waals surface area contributed by atoms with Gasteiger partial charge in [-0.05, 0) is 35.4 Å². The van der Waals surface area contributed by atoms with Gasteiger partial charge in [0.2, 0.25) is 0 Å². The van der Waals surface area contributed by atoms with E-state index in [0.717, 1.165) is 23.5 Å². The van der Waals surface area contributed by atoms with Gasteiger partial charge in [0, 0.05) is 4.88 Å². The Morgan fingerprint density at radius 2 is 1.80 bits per heavy atom. The molecule has 0 fully saturated rings. The Bertz CT molecular complexity index is 754. The number of hydrogen-bond donors (Lipinski definition) is 2. The van der Waals surface area contributed by atoms with E-state index in [-0.39, 0.29) is 11.9 Å². The van der Waals surface area contributed by atoms with Crippen molar-refractivity contribution in [3.05, 3.63) is 80.7 Å². The normalized spacial score (nSPS) is 13.3. The second-order valence-corrected chi connectivity index (χ2v) is 7.97. The molecular weight excluding hydrogens is 348 g/mol. The molecule has 0 spiro atoms. The van der Waals surface area contributed by atoms with Crippen molar-refractivity contribution in [1.29, 1.82) is 0 Å². The molecule has 3 rings (SSSR count). The van der Waals surface area contributed by atoms with Gasteiger partial charge in [0.1, 0.15) is 6.54 Å². The third-order valence-corrected chi connectivity index (χ3v) is 5.99. The van der Waals surface area contributed by atoms with E-state index < -0.39 is 0 Å². The van der Waals surface area contributed by atoms with Crippen molar-refractivity contribution in [2.75, 3.05) is 13.1 Å². The maximum absolute atomic E-state index is 12.7. The number of amides is 1. The number of likely N-dealkylation sites (N-methyl/N-ethyl adjacent to an activating group) is 1. The average molecular weight is 372 g/mol. The molecule has 3 aromatic rings. The minimum atomic E-state index is -0.0754. The summed E-state index contributed by atoms with van der Waals surface area (Å²) in [4.78, 5) is 16.5. The van der Waals surface area contributed by atoms with Gasteiger partial charge in [-0.3, -0.25) is 4.79 Å². The number of carbonyl (C=O) groups excluding carboxylic acids is 1. The Labute approximate surface area is 156 Å². The van der Waals surface area contributed by atoms with Crippen LogP contribution in [0.2, 0.25) is 0 Å². The number of benzene rings is 1. The van der Waals surface area contributed by atoms with Crippen LogP contribution in [0.5, 0.6) is 0 Å². The first-order chi connectivity index (χ1) is 12.3. The number of nitrogens with one attached hydrogen (secondary N) is 2. The van der Waals surface area contributed by atoms with Crippen molar-refractivity contribution in [2.45, 2.75) is 19.5 Å². The Balaban J connectivity index is 1.68. The largest absolute Gasteiger partial charge is 0.339 e. The van der Waals surface area contributed by atoms with Gasteiger partial charge in [0.05, 0.1) is 17.5 Å². The second kappa shape index (κ2) is 8.94. The maximum atomic E-state index is 12.7. The molecule has 0 aliphatic heterocycles. The van der Waals surface area contributed by atoms with Crippen molar-refractivity contribution in [3.8, 4) is 0 Å². The van der Waals surface area contributed by atoms with Crippen LogP contribution in [0, 0.1) is 0 Å². The van der Waals surface area contributed by atoms with E-state index in [1.165, 1.54) is 9.78 Å². The van der Waals surface area contributed by atoms with Crippen LogP contribution in [0.1, 0.15) is 28.3 Å². The van der Waals surface area contributed by atoms with Gasteiger partial charge in [-0.1, -0.05) is 42.5 Å². The molecule has 0 aliphatic carbocycles.